The van der Waals surface area contributed by atoms with Gasteiger partial charge in [-0.3, -0.25) is 14.4 Å². The summed E-state index contributed by atoms with van der Waals surface area (Å²) in [5.41, 5.74) is -0.526. The number of aliphatic carboxylic acids is 1. The number of nitrogens with zero attached hydrogens (tertiary/aromatic N) is 1. The summed E-state index contributed by atoms with van der Waals surface area (Å²) in [6, 6.07) is 2.89. The van der Waals surface area contributed by atoms with Crippen LogP contribution in [-0.2, 0) is 11.8 Å². The molecule has 0 bridgehead atoms. The summed E-state index contributed by atoms with van der Waals surface area (Å²) < 4.78 is 1.25. The van der Waals surface area contributed by atoms with Gasteiger partial charge in [-0.05, 0) is 12.1 Å². The molecule has 0 aliphatic rings. The van der Waals surface area contributed by atoms with Gasteiger partial charge in [0.1, 0.15) is 12.1 Å². The molecule has 1 heterocycles. The Morgan fingerprint density at radius 1 is 1.53 bits per heavy atom. The standard InChI is InChI=1S/C9H10N2O4/c1-11-4-2-3-6(9(11)15)8(14)10-5-7(12)13/h2-4H,5H2,1H3,(H,10,14)(H,12,13). The second-order valence-electron chi connectivity index (χ2n) is 2.91. The molecule has 6 heteroatoms. The molecule has 6 nitrogen and oxygen atoms in total. The summed E-state index contributed by atoms with van der Waals surface area (Å²) in [5, 5.41) is 10.4. The summed E-state index contributed by atoms with van der Waals surface area (Å²) in [4.78, 5) is 32.9. The van der Waals surface area contributed by atoms with Crippen LogP contribution in [0.5, 0.6) is 0 Å². The lowest BCUT2D eigenvalue weighted by molar-refractivity contribution is -0.135. The van der Waals surface area contributed by atoms with E-state index in [4.69, 9.17) is 5.11 Å². The maximum atomic E-state index is 11.4. The van der Waals surface area contributed by atoms with Gasteiger partial charge in [-0.2, -0.15) is 0 Å². The molecule has 0 aromatic carbocycles. The Labute approximate surface area is 85.1 Å². The molecule has 0 atom stereocenters. The highest BCUT2D eigenvalue weighted by Crippen LogP contribution is 1.90. The average molecular weight is 210 g/mol. The largest absolute Gasteiger partial charge is 0.480 e. The second-order valence-corrected chi connectivity index (χ2v) is 2.91. The van der Waals surface area contributed by atoms with Crippen molar-refractivity contribution >= 4 is 11.9 Å². The summed E-state index contributed by atoms with van der Waals surface area (Å²) in [5.74, 6) is -1.84. The van der Waals surface area contributed by atoms with Crippen LogP contribution in [0, 0.1) is 0 Å². The van der Waals surface area contributed by atoms with Crippen molar-refractivity contribution in [3.05, 3.63) is 34.2 Å². The monoisotopic (exact) mass is 210 g/mol. The van der Waals surface area contributed by atoms with E-state index in [0.717, 1.165) is 0 Å². The van der Waals surface area contributed by atoms with Gasteiger partial charge in [0, 0.05) is 13.2 Å². The Morgan fingerprint density at radius 2 is 2.20 bits per heavy atom. The van der Waals surface area contributed by atoms with Crippen LogP contribution in [0.1, 0.15) is 10.4 Å². The van der Waals surface area contributed by atoms with Crippen LogP contribution in [0.2, 0.25) is 0 Å². The number of carboxylic acids is 1. The van der Waals surface area contributed by atoms with Crippen molar-refractivity contribution in [2.24, 2.45) is 7.05 Å². The number of rotatable bonds is 3. The molecular weight excluding hydrogens is 200 g/mol. The van der Waals surface area contributed by atoms with Crippen LogP contribution < -0.4 is 10.9 Å². The van der Waals surface area contributed by atoms with E-state index >= 15 is 0 Å². The zero-order valence-electron chi connectivity index (χ0n) is 8.06. The minimum atomic E-state index is -1.16. The number of nitrogens with one attached hydrogen (secondary N) is 1. The third kappa shape index (κ3) is 2.67. The predicted octanol–water partition coefficient (Wildman–Crippen LogP) is -0.800. The normalized spacial score (nSPS) is 9.67. The van der Waals surface area contributed by atoms with Crippen molar-refractivity contribution in [3.8, 4) is 0 Å². The first-order chi connectivity index (χ1) is 7.02. The molecule has 2 N–H and O–H groups in total. The fourth-order valence-corrected chi connectivity index (χ4v) is 1.02. The Bertz CT molecular complexity index is 450. The molecule has 0 radical (unpaired) electrons. The Hall–Kier alpha value is -2.11. The first-order valence-corrected chi connectivity index (χ1v) is 4.18. The zero-order chi connectivity index (χ0) is 11.4. The molecule has 0 unspecified atom stereocenters. The van der Waals surface area contributed by atoms with Gasteiger partial charge in [-0.25, -0.2) is 0 Å². The number of carboxylic acid groups (broad SMARTS) is 1. The SMILES string of the molecule is Cn1cccc(C(=O)NCC(=O)O)c1=O. The molecule has 15 heavy (non-hydrogen) atoms. The van der Waals surface area contributed by atoms with Gasteiger partial charge in [0.05, 0.1) is 0 Å². The van der Waals surface area contributed by atoms with Crippen molar-refractivity contribution in [3.63, 3.8) is 0 Å². The summed E-state index contributed by atoms with van der Waals surface area (Å²) in [6.07, 6.45) is 1.51. The average Bonchev–Trinajstić information content (AvgIpc) is 2.18. The van der Waals surface area contributed by atoms with Crippen molar-refractivity contribution < 1.29 is 14.7 Å². The van der Waals surface area contributed by atoms with E-state index in [1.54, 1.807) is 0 Å². The van der Waals surface area contributed by atoms with Crippen LogP contribution in [0.25, 0.3) is 0 Å². The summed E-state index contributed by atoms with van der Waals surface area (Å²) >= 11 is 0. The van der Waals surface area contributed by atoms with Crippen LogP contribution in [-0.4, -0.2) is 28.1 Å². The number of hydrogen-bond acceptors (Lipinski definition) is 3. The highest BCUT2D eigenvalue weighted by Gasteiger charge is 2.11. The first kappa shape index (κ1) is 11.0. The molecule has 0 spiro atoms. The topological polar surface area (TPSA) is 88.4 Å². The first-order valence-electron chi connectivity index (χ1n) is 4.18. The van der Waals surface area contributed by atoms with E-state index in [0.29, 0.717) is 0 Å². The maximum Gasteiger partial charge on any atom is 0.322 e. The number of amides is 1. The Morgan fingerprint density at radius 3 is 2.80 bits per heavy atom. The second kappa shape index (κ2) is 4.41. The number of carbonyl (C=O) groups is 2. The molecule has 0 saturated heterocycles. The number of aromatic nitrogens is 1. The zero-order valence-corrected chi connectivity index (χ0v) is 8.06. The highest BCUT2D eigenvalue weighted by atomic mass is 16.4. The van der Waals surface area contributed by atoms with Gasteiger partial charge < -0.3 is 15.0 Å². The highest BCUT2D eigenvalue weighted by molar-refractivity contribution is 5.95. The van der Waals surface area contributed by atoms with Crippen molar-refractivity contribution in [1.29, 1.82) is 0 Å². The third-order valence-corrected chi connectivity index (χ3v) is 1.77. The minimum absolute atomic E-state index is 0.0683. The molecule has 1 aromatic rings. The lowest BCUT2D eigenvalue weighted by Crippen LogP contribution is -2.34. The fraction of sp³-hybridized carbons (Fsp3) is 0.222. The molecule has 0 aliphatic carbocycles. The van der Waals surface area contributed by atoms with Crippen LogP contribution in [0.4, 0.5) is 0 Å². The Kier molecular flexibility index (Phi) is 3.22. The van der Waals surface area contributed by atoms with Crippen molar-refractivity contribution in [2.75, 3.05) is 6.54 Å². The van der Waals surface area contributed by atoms with E-state index in [-0.39, 0.29) is 5.56 Å². The molecular formula is C9H10N2O4. The molecule has 80 valence electrons. The van der Waals surface area contributed by atoms with Crippen LogP contribution in [0.15, 0.2) is 23.1 Å². The molecule has 1 aromatic heterocycles. The van der Waals surface area contributed by atoms with E-state index < -0.39 is 24.0 Å². The van der Waals surface area contributed by atoms with Gasteiger partial charge in [-0.1, -0.05) is 0 Å². The molecule has 1 rings (SSSR count). The summed E-state index contributed by atoms with van der Waals surface area (Å²) in [7, 11) is 1.51. The van der Waals surface area contributed by atoms with Gasteiger partial charge >= 0.3 is 5.97 Å². The quantitative estimate of drug-likeness (QED) is 0.683. The van der Waals surface area contributed by atoms with Crippen molar-refractivity contribution in [2.45, 2.75) is 0 Å². The van der Waals surface area contributed by atoms with Gasteiger partial charge in [0.15, 0.2) is 0 Å². The van der Waals surface area contributed by atoms with E-state index in [9.17, 15) is 14.4 Å². The smallest absolute Gasteiger partial charge is 0.322 e. The molecule has 0 aliphatic heterocycles. The minimum Gasteiger partial charge on any atom is -0.480 e. The van der Waals surface area contributed by atoms with Gasteiger partial charge in [-0.15, -0.1) is 0 Å². The fourth-order valence-electron chi connectivity index (χ4n) is 1.02. The third-order valence-electron chi connectivity index (χ3n) is 1.77. The van der Waals surface area contributed by atoms with Gasteiger partial charge in [0.2, 0.25) is 0 Å². The number of aryl methyl sites for hydroxylation is 1. The Balaban J connectivity index is 2.88. The van der Waals surface area contributed by atoms with Crippen LogP contribution >= 0.6 is 0 Å². The molecule has 0 saturated carbocycles. The van der Waals surface area contributed by atoms with Crippen LogP contribution in [0.3, 0.4) is 0 Å². The summed E-state index contributed by atoms with van der Waals surface area (Å²) in [6.45, 7) is -0.503. The van der Waals surface area contributed by atoms with E-state index in [1.807, 2.05) is 0 Å². The van der Waals surface area contributed by atoms with E-state index in [2.05, 4.69) is 5.32 Å². The number of pyridine rings is 1. The number of carbonyl (C=O) groups excluding carboxylic acids is 1. The van der Waals surface area contributed by atoms with E-state index in [1.165, 1.54) is 29.9 Å². The lowest BCUT2D eigenvalue weighted by Gasteiger charge is -2.02. The van der Waals surface area contributed by atoms with Gasteiger partial charge in [0.25, 0.3) is 11.5 Å². The predicted molar refractivity (Wildman–Crippen MR) is 51.7 cm³/mol. The maximum absolute atomic E-state index is 11.4. The molecule has 0 fully saturated rings. The molecule has 1 amide bonds. The number of hydrogen-bond donors (Lipinski definition) is 2. The van der Waals surface area contributed by atoms with Crippen molar-refractivity contribution in [1.82, 2.24) is 9.88 Å². The lowest BCUT2D eigenvalue weighted by atomic mass is 10.2.